The monoisotopic (exact) mass is 267 g/mol. The summed E-state index contributed by atoms with van der Waals surface area (Å²) in [7, 11) is 0. The Balaban J connectivity index is 2.55. The van der Waals surface area contributed by atoms with Crippen LogP contribution in [0.5, 0.6) is 0 Å². The fourth-order valence-corrected chi connectivity index (χ4v) is 2.19. The van der Waals surface area contributed by atoms with Crippen molar-refractivity contribution >= 4 is 5.97 Å². The molecule has 5 nitrogen and oxygen atoms in total. The Morgan fingerprint density at radius 3 is 2.79 bits per heavy atom. The van der Waals surface area contributed by atoms with Crippen LogP contribution in [-0.2, 0) is 16.1 Å². The van der Waals surface area contributed by atoms with Crippen molar-refractivity contribution in [1.29, 1.82) is 0 Å². The molecule has 0 fully saturated rings. The molecule has 1 atom stereocenters. The van der Waals surface area contributed by atoms with Crippen LogP contribution < -0.4 is 5.32 Å². The van der Waals surface area contributed by atoms with Crippen LogP contribution in [0.4, 0.5) is 0 Å². The van der Waals surface area contributed by atoms with Crippen molar-refractivity contribution in [2.45, 2.75) is 58.7 Å². The molecule has 0 spiro atoms. The van der Waals surface area contributed by atoms with Crippen LogP contribution in [0.15, 0.2) is 18.7 Å². The van der Waals surface area contributed by atoms with Gasteiger partial charge in [-0.3, -0.25) is 10.1 Å². The van der Waals surface area contributed by atoms with E-state index in [-0.39, 0.29) is 12.0 Å². The van der Waals surface area contributed by atoms with Crippen LogP contribution in [0.3, 0.4) is 0 Å². The highest BCUT2D eigenvalue weighted by Gasteiger charge is 2.34. The predicted molar refractivity (Wildman–Crippen MR) is 74.8 cm³/mol. The molecule has 0 aliphatic heterocycles. The van der Waals surface area contributed by atoms with E-state index in [2.05, 4.69) is 10.3 Å². The second-order valence-corrected chi connectivity index (χ2v) is 5.26. The molecule has 0 aliphatic carbocycles. The molecule has 108 valence electrons. The minimum absolute atomic E-state index is 0.172. The zero-order valence-corrected chi connectivity index (χ0v) is 12.3. The number of aryl methyl sites for hydroxylation is 1. The van der Waals surface area contributed by atoms with Gasteiger partial charge in [-0.05, 0) is 40.5 Å². The Bertz CT molecular complexity index is 376. The van der Waals surface area contributed by atoms with Gasteiger partial charge < -0.3 is 9.30 Å². The SMILES string of the molecule is CCOC(=O)C(C)(CCCn1ccnc1)NC(C)C. The minimum Gasteiger partial charge on any atom is -0.465 e. The molecular formula is C14H25N3O2. The standard InChI is InChI=1S/C14H25N3O2/c1-5-19-13(18)14(4,16-12(2)3)7-6-9-17-10-8-15-11-17/h8,10-12,16H,5-7,9H2,1-4H3. The fraction of sp³-hybridized carbons (Fsp3) is 0.714. The van der Waals surface area contributed by atoms with Crippen molar-refractivity contribution in [3.63, 3.8) is 0 Å². The van der Waals surface area contributed by atoms with Crippen LogP contribution in [0.25, 0.3) is 0 Å². The van der Waals surface area contributed by atoms with Gasteiger partial charge >= 0.3 is 5.97 Å². The van der Waals surface area contributed by atoms with E-state index in [0.717, 1.165) is 19.4 Å². The van der Waals surface area contributed by atoms with Gasteiger partial charge in [0, 0.05) is 25.0 Å². The first-order valence-electron chi connectivity index (χ1n) is 6.88. The minimum atomic E-state index is -0.620. The smallest absolute Gasteiger partial charge is 0.326 e. The third-order valence-corrected chi connectivity index (χ3v) is 2.99. The average Bonchev–Trinajstić information content (AvgIpc) is 2.81. The number of rotatable bonds is 8. The van der Waals surface area contributed by atoms with Crippen LogP contribution in [0, 0.1) is 0 Å². The Kier molecular flexibility index (Phi) is 6.02. The number of esters is 1. The quantitative estimate of drug-likeness (QED) is 0.732. The summed E-state index contributed by atoms with van der Waals surface area (Å²) < 4.78 is 7.19. The molecule has 0 radical (unpaired) electrons. The molecule has 1 heterocycles. The van der Waals surface area contributed by atoms with Crippen molar-refractivity contribution in [2.24, 2.45) is 0 Å². The summed E-state index contributed by atoms with van der Waals surface area (Å²) >= 11 is 0. The Morgan fingerprint density at radius 1 is 1.53 bits per heavy atom. The normalized spacial score (nSPS) is 14.4. The maximum Gasteiger partial charge on any atom is 0.326 e. The highest BCUT2D eigenvalue weighted by atomic mass is 16.5. The largest absolute Gasteiger partial charge is 0.465 e. The third kappa shape index (κ3) is 5.03. The number of hydrogen-bond donors (Lipinski definition) is 1. The van der Waals surface area contributed by atoms with E-state index in [9.17, 15) is 4.79 Å². The molecular weight excluding hydrogens is 242 g/mol. The lowest BCUT2D eigenvalue weighted by Gasteiger charge is -2.30. The summed E-state index contributed by atoms with van der Waals surface area (Å²) in [6.45, 7) is 9.09. The molecule has 0 amide bonds. The summed E-state index contributed by atoms with van der Waals surface area (Å²) in [5.74, 6) is -0.172. The lowest BCUT2D eigenvalue weighted by Crippen LogP contribution is -2.53. The van der Waals surface area contributed by atoms with Crippen molar-refractivity contribution < 1.29 is 9.53 Å². The number of carbonyl (C=O) groups is 1. The zero-order chi connectivity index (χ0) is 14.3. The van der Waals surface area contributed by atoms with E-state index in [1.165, 1.54) is 0 Å². The van der Waals surface area contributed by atoms with E-state index in [1.54, 1.807) is 12.5 Å². The number of ether oxygens (including phenoxy) is 1. The van der Waals surface area contributed by atoms with Gasteiger partial charge in [0.25, 0.3) is 0 Å². The van der Waals surface area contributed by atoms with Gasteiger partial charge in [0.1, 0.15) is 5.54 Å². The summed E-state index contributed by atoms with van der Waals surface area (Å²) in [6, 6.07) is 0.239. The molecule has 1 aromatic heterocycles. The average molecular weight is 267 g/mol. The van der Waals surface area contributed by atoms with E-state index < -0.39 is 5.54 Å². The summed E-state index contributed by atoms with van der Waals surface area (Å²) in [6.07, 6.45) is 7.11. The molecule has 0 aromatic carbocycles. The van der Waals surface area contributed by atoms with Crippen LogP contribution in [-0.4, -0.2) is 33.7 Å². The van der Waals surface area contributed by atoms with Gasteiger partial charge in [-0.2, -0.15) is 0 Å². The molecule has 0 bridgehead atoms. The molecule has 1 N–H and O–H groups in total. The van der Waals surface area contributed by atoms with E-state index >= 15 is 0 Å². The Hall–Kier alpha value is -1.36. The highest BCUT2D eigenvalue weighted by molar-refractivity contribution is 5.80. The summed E-state index contributed by atoms with van der Waals surface area (Å²) in [4.78, 5) is 16.1. The Labute approximate surface area is 115 Å². The van der Waals surface area contributed by atoms with E-state index in [0.29, 0.717) is 6.61 Å². The van der Waals surface area contributed by atoms with Crippen molar-refractivity contribution in [3.8, 4) is 0 Å². The van der Waals surface area contributed by atoms with E-state index in [4.69, 9.17) is 4.74 Å². The number of carbonyl (C=O) groups excluding carboxylic acids is 1. The predicted octanol–water partition coefficient (Wildman–Crippen LogP) is 1.98. The van der Waals surface area contributed by atoms with Crippen molar-refractivity contribution in [1.82, 2.24) is 14.9 Å². The molecule has 0 aliphatic rings. The number of imidazole rings is 1. The number of nitrogens with zero attached hydrogens (tertiary/aromatic N) is 2. The highest BCUT2D eigenvalue weighted by Crippen LogP contribution is 2.16. The lowest BCUT2D eigenvalue weighted by atomic mass is 9.94. The Morgan fingerprint density at radius 2 is 2.26 bits per heavy atom. The molecule has 1 aromatic rings. The first-order valence-corrected chi connectivity index (χ1v) is 6.88. The second-order valence-electron chi connectivity index (χ2n) is 5.26. The van der Waals surface area contributed by atoms with Gasteiger partial charge in [-0.25, -0.2) is 4.98 Å². The third-order valence-electron chi connectivity index (χ3n) is 2.99. The van der Waals surface area contributed by atoms with Gasteiger partial charge in [-0.15, -0.1) is 0 Å². The summed E-state index contributed by atoms with van der Waals surface area (Å²) in [5.41, 5.74) is -0.620. The van der Waals surface area contributed by atoms with E-state index in [1.807, 2.05) is 38.5 Å². The molecule has 1 rings (SSSR count). The molecule has 0 saturated heterocycles. The molecule has 1 unspecified atom stereocenters. The lowest BCUT2D eigenvalue weighted by molar-refractivity contribution is -0.151. The number of aromatic nitrogens is 2. The first-order chi connectivity index (χ1) is 8.98. The maximum atomic E-state index is 12.1. The first kappa shape index (κ1) is 15.7. The van der Waals surface area contributed by atoms with Gasteiger partial charge in [0.2, 0.25) is 0 Å². The van der Waals surface area contributed by atoms with Gasteiger partial charge in [-0.1, -0.05) is 0 Å². The molecule has 19 heavy (non-hydrogen) atoms. The van der Waals surface area contributed by atoms with Gasteiger partial charge in [0.15, 0.2) is 0 Å². The van der Waals surface area contributed by atoms with Gasteiger partial charge in [0.05, 0.1) is 12.9 Å². The van der Waals surface area contributed by atoms with Crippen molar-refractivity contribution in [3.05, 3.63) is 18.7 Å². The topological polar surface area (TPSA) is 56.2 Å². The number of nitrogens with one attached hydrogen (secondary N) is 1. The second kappa shape index (κ2) is 7.28. The van der Waals surface area contributed by atoms with Crippen LogP contribution in [0.1, 0.15) is 40.5 Å². The van der Waals surface area contributed by atoms with Crippen molar-refractivity contribution in [2.75, 3.05) is 6.61 Å². The fourth-order valence-electron chi connectivity index (χ4n) is 2.19. The number of hydrogen-bond acceptors (Lipinski definition) is 4. The zero-order valence-electron chi connectivity index (χ0n) is 12.3. The van der Waals surface area contributed by atoms with Crippen LogP contribution >= 0.6 is 0 Å². The summed E-state index contributed by atoms with van der Waals surface area (Å²) in [5, 5.41) is 3.32. The van der Waals surface area contributed by atoms with Crippen LogP contribution in [0.2, 0.25) is 0 Å². The molecule has 5 heteroatoms. The maximum absolute atomic E-state index is 12.1. The molecule has 0 saturated carbocycles.